The molecule has 0 unspecified atom stereocenters. The zero-order chi connectivity index (χ0) is 20.6. The third-order valence-corrected chi connectivity index (χ3v) is 6.04. The van der Waals surface area contributed by atoms with Crippen LogP contribution in [0.1, 0.15) is 22.3 Å². The van der Waals surface area contributed by atoms with Gasteiger partial charge in [-0.3, -0.25) is 18.3 Å². The van der Waals surface area contributed by atoms with Gasteiger partial charge in [-0.05, 0) is 22.3 Å². The topological polar surface area (TPSA) is 230 Å². The fourth-order valence-corrected chi connectivity index (χ4v) is 5.22. The standard InChI is InChI=1S/C10H18O12P4/c11-23(12,13)3-7-1-8(4-24(14,15)16)10(6-26(20,21)22)2-9(7)5-25(17,18)19/h1-2H,3-6H2,(H2,11,12,13)(H2,14,15,16)(H2,17,18,19)(H2,20,21,22). The summed E-state index contributed by atoms with van der Waals surface area (Å²) in [6.45, 7) is 0. The molecular formula is C10H18O12P4. The van der Waals surface area contributed by atoms with Gasteiger partial charge in [0.05, 0.1) is 24.6 Å². The van der Waals surface area contributed by atoms with Crippen molar-refractivity contribution in [3.63, 3.8) is 0 Å². The highest BCUT2D eigenvalue weighted by Gasteiger charge is 2.27. The largest absolute Gasteiger partial charge is 0.329 e. The molecule has 0 fully saturated rings. The summed E-state index contributed by atoms with van der Waals surface area (Å²) in [7, 11) is -18.8. The second-order valence-corrected chi connectivity index (χ2v) is 12.3. The van der Waals surface area contributed by atoms with Crippen molar-refractivity contribution in [3.05, 3.63) is 34.4 Å². The lowest BCUT2D eigenvalue weighted by atomic mass is 10.0. The van der Waals surface area contributed by atoms with E-state index < -0.39 is 55.0 Å². The van der Waals surface area contributed by atoms with Crippen LogP contribution in [0.25, 0.3) is 0 Å². The Labute approximate surface area is 147 Å². The van der Waals surface area contributed by atoms with Gasteiger partial charge in [0.15, 0.2) is 0 Å². The molecule has 0 aliphatic rings. The minimum atomic E-state index is -4.71. The summed E-state index contributed by atoms with van der Waals surface area (Å²) in [5.41, 5.74) is -1.11. The first-order valence-electron chi connectivity index (χ1n) is 6.66. The van der Waals surface area contributed by atoms with E-state index in [2.05, 4.69) is 0 Å². The third-order valence-electron chi connectivity index (χ3n) is 3.03. The zero-order valence-corrected chi connectivity index (χ0v) is 16.6. The molecule has 0 radical (unpaired) electrons. The third kappa shape index (κ3) is 9.67. The fraction of sp³-hybridized carbons (Fsp3) is 0.400. The maximum Gasteiger partial charge on any atom is 0.329 e. The summed E-state index contributed by atoms with van der Waals surface area (Å²) in [5, 5.41) is 0. The van der Waals surface area contributed by atoms with E-state index in [4.69, 9.17) is 39.1 Å². The highest BCUT2D eigenvalue weighted by molar-refractivity contribution is 7.52. The van der Waals surface area contributed by atoms with E-state index in [1.165, 1.54) is 0 Å². The van der Waals surface area contributed by atoms with Crippen LogP contribution in [-0.2, 0) is 42.9 Å². The highest BCUT2D eigenvalue weighted by atomic mass is 31.2. The lowest BCUT2D eigenvalue weighted by molar-refractivity contribution is 0.366. The maximum absolute atomic E-state index is 11.3. The molecule has 16 heteroatoms. The molecule has 0 atom stereocenters. The van der Waals surface area contributed by atoms with Crippen molar-refractivity contribution in [3.8, 4) is 0 Å². The molecule has 0 spiro atoms. The summed E-state index contributed by atoms with van der Waals surface area (Å²) in [4.78, 5) is 72.9. The average Bonchev–Trinajstić information content (AvgIpc) is 2.26. The average molecular weight is 454 g/mol. The van der Waals surface area contributed by atoms with E-state index in [-0.39, 0.29) is 22.3 Å². The Bertz CT molecular complexity index is 717. The molecule has 0 saturated carbocycles. The molecule has 12 nitrogen and oxygen atoms in total. The van der Waals surface area contributed by atoms with Crippen molar-refractivity contribution in [1.82, 2.24) is 0 Å². The maximum atomic E-state index is 11.3. The number of hydrogen-bond donors (Lipinski definition) is 8. The van der Waals surface area contributed by atoms with Crippen LogP contribution >= 0.6 is 30.4 Å². The molecule has 26 heavy (non-hydrogen) atoms. The Hall–Kier alpha value is -0.180. The molecule has 0 aliphatic carbocycles. The first-order valence-corrected chi connectivity index (χ1v) is 13.9. The van der Waals surface area contributed by atoms with Crippen molar-refractivity contribution in [2.45, 2.75) is 24.6 Å². The summed E-state index contributed by atoms with van der Waals surface area (Å²) >= 11 is 0. The molecule has 1 aromatic rings. The van der Waals surface area contributed by atoms with Crippen LogP contribution in [0.4, 0.5) is 0 Å². The summed E-state index contributed by atoms with van der Waals surface area (Å²) in [6, 6.07) is 1.79. The predicted octanol–water partition coefficient (Wildman–Crippen LogP) is 0.397. The van der Waals surface area contributed by atoms with E-state index in [9.17, 15) is 18.3 Å². The highest BCUT2D eigenvalue weighted by Crippen LogP contribution is 2.49. The smallest absolute Gasteiger partial charge is 0.324 e. The summed E-state index contributed by atoms with van der Waals surface area (Å²) in [5.74, 6) is 0. The van der Waals surface area contributed by atoms with E-state index in [0.29, 0.717) is 0 Å². The van der Waals surface area contributed by atoms with Crippen LogP contribution in [0, 0.1) is 0 Å². The van der Waals surface area contributed by atoms with Gasteiger partial charge in [-0.25, -0.2) is 0 Å². The zero-order valence-electron chi connectivity index (χ0n) is 13.0. The SMILES string of the molecule is O=P(O)(O)Cc1cc(CP(=O)(O)O)c(CP(=O)(O)O)cc1CP(=O)(O)O. The Morgan fingerprint density at radius 3 is 0.731 bits per heavy atom. The van der Waals surface area contributed by atoms with Crippen LogP contribution < -0.4 is 0 Å². The number of benzene rings is 1. The molecule has 0 saturated heterocycles. The normalized spacial score (nSPS) is 13.8. The molecule has 150 valence electrons. The van der Waals surface area contributed by atoms with Crippen LogP contribution in [0.2, 0.25) is 0 Å². The van der Waals surface area contributed by atoms with Gasteiger partial charge in [0, 0.05) is 0 Å². The lowest BCUT2D eigenvalue weighted by Crippen LogP contribution is -2.04. The monoisotopic (exact) mass is 454 g/mol. The molecule has 1 rings (SSSR count). The first-order chi connectivity index (χ1) is 11.3. The molecule has 0 heterocycles. The van der Waals surface area contributed by atoms with Gasteiger partial charge in [-0.2, -0.15) is 0 Å². The minimum Gasteiger partial charge on any atom is -0.324 e. The van der Waals surface area contributed by atoms with E-state index in [1.807, 2.05) is 0 Å². The van der Waals surface area contributed by atoms with Gasteiger partial charge in [-0.1, -0.05) is 12.1 Å². The van der Waals surface area contributed by atoms with Gasteiger partial charge in [0.1, 0.15) is 0 Å². The summed E-state index contributed by atoms with van der Waals surface area (Å²) < 4.78 is 45.0. The van der Waals surface area contributed by atoms with Crippen molar-refractivity contribution in [2.24, 2.45) is 0 Å². The van der Waals surface area contributed by atoms with Crippen LogP contribution in [0.15, 0.2) is 12.1 Å². The second kappa shape index (κ2) is 8.05. The van der Waals surface area contributed by atoms with Crippen molar-refractivity contribution in [1.29, 1.82) is 0 Å². The number of hydrogen-bond acceptors (Lipinski definition) is 4. The molecule has 0 amide bonds. The quantitative estimate of drug-likeness (QED) is 0.250. The van der Waals surface area contributed by atoms with E-state index in [1.54, 1.807) is 0 Å². The lowest BCUT2D eigenvalue weighted by Gasteiger charge is -2.18. The molecule has 1 aromatic carbocycles. The van der Waals surface area contributed by atoms with Gasteiger partial charge >= 0.3 is 30.4 Å². The van der Waals surface area contributed by atoms with Crippen LogP contribution in [-0.4, -0.2) is 39.1 Å². The van der Waals surface area contributed by atoms with Crippen molar-refractivity contribution < 1.29 is 57.4 Å². The van der Waals surface area contributed by atoms with Crippen molar-refractivity contribution in [2.75, 3.05) is 0 Å². The van der Waals surface area contributed by atoms with Gasteiger partial charge in [0.2, 0.25) is 0 Å². The van der Waals surface area contributed by atoms with Gasteiger partial charge < -0.3 is 39.1 Å². The first kappa shape index (κ1) is 23.9. The second-order valence-electron chi connectivity index (χ2n) is 5.68. The Balaban J connectivity index is 3.63. The molecule has 0 aromatic heterocycles. The number of rotatable bonds is 8. The minimum absolute atomic E-state index is 0.278. The molecule has 8 N–H and O–H groups in total. The fourth-order valence-electron chi connectivity index (χ4n) is 2.27. The molecule has 0 aliphatic heterocycles. The Kier molecular flexibility index (Phi) is 7.39. The van der Waals surface area contributed by atoms with E-state index >= 15 is 0 Å². The van der Waals surface area contributed by atoms with Crippen LogP contribution in [0.3, 0.4) is 0 Å². The van der Waals surface area contributed by atoms with Gasteiger partial charge in [0.25, 0.3) is 0 Å². The Morgan fingerprint density at radius 2 is 0.615 bits per heavy atom. The molecule has 0 bridgehead atoms. The van der Waals surface area contributed by atoms with E-state index in [0.717, 1.165) is 12.1 Å². The van der Waals surface area contributed by atoms with Crippen molar-refractivity contribution >= 4 is 30.4 Å². The van der Waals surface area contributed by atoms with Crippen LogP contribution in [0.5, 0.6) is 0 Å². The predicted molar refractivity (Wildman–Crippen MR) is 89.4 cm³/mol. The Morgan fingerprint density at radius 1 is 0.462 bits per heavy atom. The molecular weight excluding hydrogens is 436 g/mol. The van der Waals surface area contributed by atoms with Gasteiger partial charge in [-0.15, -0.1) is 0 Å². The summed E-state index contributed by atoms with van der Waals surface area (Å²) in [6.07, 6.45) is -3.86.